The number of hydrogen-bond acceptors (Lipinski definition) is 4. The Morgan fingerprint density at radius 2 is 0.636 bits per heavy atom. The Labute approximate surface area is 139 Å². The van der Waals surface area contributed by atoms with Gasteiger partial charge in [-0.2, -0.15) is 0 Å². The molecule has 0 amide bonds. The van der Waals surface area contributed by atoms with Gasteiger partial charge in [0.25, 0.3) is 0 Å². The number of nitrogens with two attached hydrogens (primary N) is 2. The summed E-state index contributed by atoms with van der Waals surface area (Å²) in [6.07, 6.45) is 15.6. The Bertz CT molecular complexity index is 168. The van der Waals surface area contributed by atoms with Crippen LogP contribution in [0.4, 0.5) is 0 Å². The van der Waals surface area contributed by atoms with Crippen LogP contribution in [0.3, 0.4) is 0 Å². The second-order valence-corrected chi connectivity index (χ2v) is 6.32. The standard InChI is InChI=1S/C18H42N4/c19-13-7-1-3-9-15-21-17-11-5-6-12-18-22-16-10-4-2-8-14-20/h21-22H,1-20H2. The smallest absolute Gasteiger partial charge is 0.00489 e. The van der Waals surface area contributed by atoms with Crippen LogP contribution in [0.1, 0.15) is 77.0 Å². The molecule has 0 aromatic heterocycles. The van der Waals surface area contributed by atoms with Gasteiger partial charge in [-0.3, -0.25) is 0 Å². The van der Waals surface area contributed by atoms with Crippen molar-refractivity contribution in [1.82, 2.24) is 10.6 Å². The topological polar surface area (TPSA) is 76.1 Å². The molecule has 0 spiro atoms. The van der Waals surface area contributed by atoms with Crippen LogP contribution in [0.5, 0.6) is 0 Å². The van der Waals surface area contributed by atoms with Crippen molar-refractivity contribution in [3.05, 3.63) is 0 Å². The lowest BCUT2D eigenvalue weighted by Crippen LogP contribution is -2.18. The van der Waals surface area contributed by atoms with Crippen molar-refractivity contribution in [2.45, 2.75) is 77.0 Å². The molecule has 0 unspecified atom stereocenters. The number of rotatable bonds is 19. The Hall–Kier alpha value is -0.160. The van der Waals surface area contributed by atoms with Gasteiger partial charge in [-0.15, -0.1) is 0 Å². The molecule has 0 saturated carbocycles. The first-order chi connectivity index (χ1) is 10.9. The molecule has 0 bridgehead atoms. The summed E-state index contributed by atoms with van der Waals surface area (Å²) in [6, 6.07) is 0. The largest absolute Gasteiger partial charge is 0.330 e. The summed E-state index contributed by atoms with van der Waals surface area (Å²) in [7, 11) is 0. The minimum Gasteiger partial charge on any atom is -0.330 e. The Morgan fingerprint density at radius 3 is 0.909 bits per heavy atom. The summed E-state index contributed by atoms with van der Waals surface area (Å²) < 4.78 is 0. The Morgan fingerprint density at radius 1 is 0.364 bits per heavy atom. The van der Waals surface area contributed by atoms with Gasteiger partial charge in [0, 0.05) is 0 Å². The first-order valence-corrected chi connectivity index (χ1v) is 9.73. The zero-order chi connectivity index (χ0) is 16.1. The van der Waals surface area contributed by atoms with Crippen molar-refractivity contribution in [3.63, 3.8) is 0 Å². The van der Waals surface area contributed by atoms with Crippen molar-refractivity contribution < 1.29 is 0 Å². The van der Waals surface area contributed by atoms with E-state index >= 15 is 0 Å². The van der Waals surface area contributed by atoms with Crippen LogP contribution >= 0.6 is 0 Å². The molecule has 6 N–H and O–H groups in total. The molecule has 134 valence electrons. The van der Waals surface area contributed by atoms with E-state index in [9.17, 15) is 0 Å². The number of hydrogen-bond donors (Lipinski definition) is 4. The Kier molecular flexibility index (Phi) is 20.7. The molecular formula is C18H42N4. The second kappa shape index (κ2) is 20.8. The third-order valence-corrected chi connectivity index (χ3v) is 4.07. The van der Waals surface area contributed by atoms with E-state index in [-0.39, 0.29) is 0 Å². The first-order valence-electron chi connectivity index (χ1n) is 9.73. The van der Waals surface area contributed by atoms with E-state index in [0.717, 1.165) is 13.1 Å². The SMILES string of the molecule is NCCCCCCNCCCCCCNCCCCCCN. The third kappa shape index (κ3) is 19.8. The highest BCUT2D eigenvalue weighted by Gasteiger charge is 1.93. The van der Waals surface area contributed by atoms with Gasteiger partial charge in [-0.25, -0.2) is 0 Å². The molecule has 0 aliphatic heterocycles. The van der Waals surface area contributed by atoms with Crippen molar-refractivity contribution in [2.75, 3.05) is 39.3 Å². The van der Waals surface area contributed by atoms with E-state index in [1.807, 2.05) is 0 Å². The van der Waals surface area contributed by atoms with Crippen LogP contribution in [0.2, 0.25) is 0 Å². The lowest BCUT2D eigenvalue weighted by atomic mass is 10.1. The minimum atomic E-state index is 0.844. The van der Waals surface area contributed by atoms with Gasteiger partial charge in [-0.1, -0.05) is 38.5 Å². The summed E-state index contributed by atoms with van der Waals surface area (Å²) in [5.74, 6) is 0. The third-order valence-electron chi connectivity index (χ3n) is 4.07. The van der Waals surface area contributed by atoms with Gasteiger partial charge < -0.3 is 22.1 Å². The maximum Gasteiger partial charge on any atom is -0.00489 e. The molecule has 0 aromatic rings. The normalized spacial score (nSPS) is 11.2. The summed E-state index contributed by atoms with van der Waals surface area (Å²) >= 11 is 0. The quantitative estimate of drug-likeness (QED) is 0.277. The fourth-order valence-corrected chi connectivity index (χ4v) is 2.60. The summed E-state index contributed by atoms with van der Waals surface area (Å²) in [4.78, 5) is 0. The zero-order valence-electron chi connectivity index (χ0n) is 14.9. The van der Waals surface area contributed by atoms with E-state index in [4.69, 9.17) is 11.5 Å². The number of unbranched alkanes of at least 4 members (excludes halogenated alkanes) is 9. The summed E-state index contributed by atoms with van der Waals surface area (Å²) in [6.45, 7) is 6.41. The fraction of sp³-hybridized carbons (Fsp3) is 1.00. The van der Waals surface area contributed by atoms with E-state index in [1.54, 1.807) is 0 Å². The van der Waals surface area contributed by atoms with E-state index in [1.165, 1.54) is 103 Å². The maximum atomic E-state index is 5.48. The molecule has 4 nitrogen and oxygen atoms in total. The van der Waals surface area contributed by atoms with Gasteiger partial charge in [0.1, 0.15) is 0 Å². The highest BCUT2D eigenvalue weighted by molar-refractivity contribution is 4.53. The zero-order valence-corrected chi connectivity index (χ0v) is 14.9. The Balaban J connectivity index is 2.91. The first kappa shape index (κ1) is 21.8. The number of nitrogens with one attached hydrogen (secondary N) is 2. The molecule has 4 heteroatoms. The van der Waals surface area contributed by atoms with Gasteiger partial charge in [0.15, 0.2) is 0 Å². The lowest BCUT2D eigenvalue weighted by Gasteiger charge is -2.06. The predicted molar refractivity (Wildman–Crippen MR) is 99.3 cm³/mol. The van der Waals surface area contributed by atoms with Crippen LogP contribution in [-0.4, -0.2) is 39.3 Å². The molecule has 0 atom stereocenters. The van der Waals surface area contributed by atoms with Gasteiger partial charge in [-0.05, 0) is 77.8 Å². The summed E-state index contributed by atoms with van der Waals surface area (Å²) in [5, 5.41) is 7.08. The van der Waals surface area contributed by atoms with Crippen molar-refractivity contribution in [3.8, 4) is 0 Å². The fourth-order valence-electron chi connectivity index (χ4n) is 2.60. The molecule has 0 aromatic carbocycles. The van der Waals surface area contributed by atoms with Crippen LogP contribution < -0.4 is 22.1 Å². The molecule has 0 radical (unpaired) electrons. The molecule has 0 saturated heterocycles. The van der Waals surface area contributed by atoms with E-state index in [0.29, 0.717) is 0 Å². The van der Waals surface area contributed by atoms with Crippen molar-refractivity contribution in [2.24, 2.45) is 11.5 Å². The molecular weight excluding hydrogens is 272 g/mol. The van der Waals surface area contributed by atoms with Crippen molar-refractivity contribution >= 4 is 0 Å². The van der Waals surface area contributed by atoms with E-state index in [2.05, 4.69) is 10.6 Å². The second-order valence-electron chi connectivity index (χ2n) is 6.32. The molecule has 0 rings (SSSR count). The summed E-state index contributed by atoms with van der Waals surface area (Å²) in [5.41, 5.74) is 11.0. The molecule has 22 heavy (non-hydrogen) atoms. The van der Waals surface area contributed by atoms with Gasteiger partial charge in [0.05, 0.1) is 0 Å². The van der Waals surface area contributed by atoms with E-state index < -0.39 is 0 Å². The minimum absolute atomic E-state index is 0.844. The van der Waals surface area contributed by atoms with Crippen molar-refractivity contribution in [1.29, 1.82) is 0 Å². The van der Waals surface area contributed by atoms with Crippen LogP contribution in [0.25, 0.3) is 0 Å². The van der Waals surface area contributed by atoms with Gasteiger partial charge in [0.2, 0.25) is 0 Å². The molecule has 0 aliphatic rings. The van der Waals surface area contributed by atoms with Crippen LogP contribution in [0.15, 0.2) is 0 Å². The average Bonchev–Trinajstić information content (AvgIpc) is 2.54. The predicted octanol–water partition coefficient (Wildman–Crippen LogP) is 2.76. The lowest BCUT2D eigenvalue weighted by molar-refractivity contribution is 0.537. The average molecular weight is 315 g/mol. The van der Waals surface area contributed by atoms with Crippen LogP contribution in [-0.2, 0) is 0 Å². The molecule has 0 fully saturated rings. The maximum absolute atomic E-state index is 5.48. The highest BCUT2D eigenvalue weighted by atomic mass is 14.8. The molecule has 0 aliphatic carbocycles. The highest BCUT2D eigenvalue weighted by Crippen LogP contribution is 2.00. The van der Waals surface area contributed by atoms with Gasteiger partial charge >= 0.3 is 0 Å². The van der Waals surface area contributed by atoms with Crippen LogP contribution in [0, 0.1) is 0 Å². The molecule has 0 heterocycles. The monoisotopic (exact) mass is 314 g/mol.